The molecule has 4 aromatic carbocycles. The van der Waals surface area contributed by atoms with Crippen molar-refractivity contribution in [3.63, 3.8) is 0 Å². The third-order valence-electron chi connectivity index (χ3n) is 4.57. The molecule has 0 nitrogen and oxygen atoms in total. The van der Waals surface area contributed by atoms with Crippen LogP contribution in [0.25, 0.3) is 44.8 Å². The van der Waals surface area contributed by atoms with Crippen LogP contribution in [0.5, 0.6) is 0 Å². The van der Waals surface area contributed by atoms with Gasteiger partial charge in [0.25, 0.3) is 0 Å². The molecule has 4 aromatic rings. The summed E-state index contributed by atoms with van der Waals surface area (Å²) in [5, 5.41) is 5.01. The molecule has 0 aromatic heterocycles. The van der Waals surface area contributed by atoms with E-state index in [1.54, 1.807) is 0 Å². The third kappa shape index (κ3) is 2.33. The lowest BCUT2D eigenvalue weighted by Gasteiger charge is -2.11. The summed E-state index contributed by atoms with van der Waals surface area (Å²) < 4.78 is 0. The van der Waals surface area contributed by atoms with Crippen molar-refractivity contribution in [3.05, 3.63) is 97.1 Å². The van der Waals surface area contributed by atoms with E-state index in [2.05, 4.69) is 86.0 Å². The SMILES string of the molecule is C=Cc1ccc2c(-c3cccc4cc(C=C)ccc34)cccc2c1. The summed E-state index contributed by atoms with van der Waals surface area (Å²) in [6.45, 7) is 7.73. The van der Waals surface area contributed by atoms with E-state index in [0.717, 1.165) is 11.1 Å². The highest BCUT2D eigenvalue weighted by Crippen LogP contribution is 2.34. The Hall–Kier alpha value is -3.12. The second kappa shape index (κ2) is 5.82. The molecular formula is C24H18. The number of hydrogen-bond donors (Lipinski definition) is 0. The molecule has 0 N–H and O–H groups in total. The number of rotatable bonds is 3. The van der Waals surface area contributed by atoms with Gasteiger partial charge < -0.3 is 0 Å². The highest BCUT2D eigenvalue weighted by atomic mass is 14.1. The van der Waals surface area contributed by atoms with Crippen molar-refractivity contribution in [2.45, 2.75) is 0 Å². The maximum atomic E-state index is 3.87. The number of fused-ring (bicyclic) bond motifs is 2. The molecule has 0 aliphatic heterocycles. The lowest BCUT2D eigenvalue weighted by Crippen LogP contribution is -1.85. The first-order valence-electron chi connectivity index (χ1n) is 8.11. The Kier molecular flexibility index (Phi) is 3.51. The highest BCUT2D eigenvalue weighted by Gasteiger charge is 2.08. The summed E-state index contributed by atoms with van der Waals surface area (Å²) in [5.74, 6) is 0. The van der Waals surface area contributed by atoms with E-state index in [1.165, 1.54) is 32.7 Å². The van der Waals surface area contributed by atoms with Gasteiger partial charge in [-0.05, 0) is 55.9 Å². The van der Waals surface area contributed by atoms with E-state index in [1.807, 2.05) is 12.2 Å². The fraction of sp³-hybridized carbons (Fsp3) is 0. The van der Waals surface area contributed by atoms with Crippen molar-refractivity contribution < 1.29 is 0 Å². The molecule has 114 valence electrons. The fourth-order valence-corrected chi connectivity index (χ4v) is 3.33. The Balaban J connectivity index is 2.02. The zero-order chi connectivity index (χ0) is 16.5. The lowest BCUT2D eigenvalue weighted by atomic mass is 9.93. The Morgan fingerprint density at radius 1 is 0.542 bits per heavy atom. The van der Waals surface area contributed by atoms with E-state index < -0.39 is 0 Å². The molecular weight excluding hydrogens is 288 g/mol. The van der Waals surface area contributed by atoms with Crippen LogP contribution >= 0.6 is 0 Å². The summed E-state index contributed by atoms with van der Waals surface area (Å²) in [5.41, 5.74) is 4.82. The Bertz CT molecular complexity index is 994. The van der Waals surface area contributed by atoms with Crippen LogP contribution in [0, 0.1) is 0 Å². The van der Waals surface area contributed by atoms with E-state index in [9.17, 15) is 0 Å². The topological polar surface area (TPSA) is 0 Å². The largest absolute Gasteiger partial charge is 0.0985 e. The van der Waals surface area contributed by atoms with Gasteiger partial charge in [-0.15, -0.1) is 0 Å². The van der Waals surface area contributed by atoms with Crippen LogP contribution in [0.1, 0.15) is 11.1 Å². The predicted octanol–water partition coefficient (Wildman–Crippen LogP) is 6.95. The zero-order valence-corrected chi connectivity index (χ0v) is 13.5. The first kappa shape index (κ1) is 14.5. The Morgan fingerprint density at radius 2 is 1.00 bits per heavy atom. The Labute approximate surface area is 142 Å². The lowest BCUT2D eigenvalue weighted by molar-refractivity contribution is 1.66. The van der Waals surface area contributed by atoms with Crippen LogP contribution in [-0.4, -0.2) is 0 Å². The molecule has 4 rings (SSSR count). The molecule has 0 fully saturated rings. The molecule has 0 bridgehead atoms. The van der Waals surface area contributed by atoms with Crippen LogP contribution in [0.2, 0.25) is 0 Å². The van der Waals surface area contributed by atoms with Gasteiger partial charge in [-0.1, -0.05) is 86.0 Å². The normalized spacial score (nSPS) is 10.8. The number of hydrogen-bond acceptors (Lipinski definition) is 0. The molecule has 0 amide bonds. The van der Waals surface area contributed by atoms with Crippen LogP contribution in [0.3, 0.4) is 0 Å². The summed E-state index contributed by atoms with van der Waals surface area (Å²) in [7, 11) is 0. The van der Waals surface area contributed by atoms with Crippen LogP contribution in [0.15, 0.2) is 86.0 Å². The molecule has 0 spiro atoms. The molecule has 0 unspecified atom stereocenters. The van der Waals surface area contributed by atoms with Gasteiger partial charge in [0.2, 0.25) is 0 Å². The van der Waals surface area contributed by atoms with Gasteiger partial charge >= 0.3 is 0 Å². The van der Waals surface area contributed by atoms with E-state index in [4.69, 9.17) is 0 Å². The fourth-order valence-electron chi connectivity index (χ4n) is 3.33. The van der Waals surface area contributed by atoms with E-state index in [0.29, 0.717) is 0 Å². The summed E-state index contributed by atoms with van der Waals surface area (Å²) in [6, 6.07) is 26.0. The van der Waals surface area contributed by atoms with Crippen molar-refractivity contribution in [2.75, 3.05) is 0 Å². The van der Waals surface area contributed by atoms with Gasteiger partial charge in [-0.25, -0.2) is 0 Å². The van der Waals surface area contributed by atoms with Gasteiger partial charge in [-0.3, -0.25) is 0 Å². The summed E-state index contributed by atoms with van der Waals surface area (Å²) >= 11 is 0. The van der Waals surface area contributed by atoms with Crippen LogP contribution in [0.4, 0.5) is 0 Å². The van der Waals surface area contributed by atoms with Crippen molar-refractivity contribution >= 4 is 33.7 Å². The monoisotopic (exact) mass is 306 g/mol. The summed E-state index contributed by atoms with van der Waals surface area (Å²) in [6.07, 6.45) is 3.78. The molecule has 24 heavy (non-hydrogen) atoms. The molecule has 0 saturated carbocycles. The molecule has 0 heteroatoms. The van der Waals surface area contributed by atoms with Gasteiger partial charge in [0.15, 0.2) is 0 Å². The van der Waals surface area contributed by atoms with Gasteiger partial charge in [0.05, 0.1) is 0 Å². The second-order valence-corrected chi connectivity index (χ2v) is 5.98. The average Bonchev–Trinajstić information content (AvgIpc) is 2.66. The number of benzene rings is 4. The molecule has 0 saturated heterocycles. The van der Waals surface area contributed by atoms with Gasteiger partial charge in [0.1, 0.15) is 0 Å². The highest BCUT2D eigenvalue weighted by molar-refractivity contribution is 6.06. The standard InChI is InChI=1S/C24H18/c1-3-17-11-13-21-19(15-17)7-5-9-23(21)24-10-6-8-20-16-18(4-2)12-14-22(20)24/h3-16H,1-2H2. The van der Waals surface area contributed by atoms with Crippen molar-refractivity contribution in [1.29, 1.82) is 0 Å². The molecule has 0 aliphatic rings. The minimum absolute atomic E-state index is 1.15. The van der Waals surface area contributed by atoms with Crippen molar-refractivity contribution in [1.82, 2.24) is 0 Å². The molecule has 0 atom stereocenters. The minimum Gasteiger partial charge on any atom is -0.0985 e. The maximum Gasteiger partial charge on any atom is -0.00992 e. The van der Waals surface area contributed by atoms with Crippen LogP contribution in [-0.2, 0) is 0 Å². The van der Waals surface area contributed by atoms with Gasteiger partial charge in [-0.2, -0.15) is 0 Å². The smallest absolute Gasteiger partial charge is 0.00992 e. The van der Waals surface area contributed by atoms with Gasteiger partial charge in [0, 0.05) is 0 Å². The molecule has 0 heterocycles. The molecule has 0 radical (unpaired) electrons. The third-order valence-corrected chi connectivity index (χ3v) is 4.57. The Morgan fingerprint density at radius 3 is 1.42 bits per heavy atom. The van der Waals surface area contributed by atoms with Crippen molar-refractivity contribution in [2.24, 2.45) is 0 Å². The maximum absolute atomic E-state index is 3.87. The van der Waals surface area contributed by atoms with E-state index in [-0.39, 0.29) is 0 Å². The average molecular weight is 306 g/mol. The first-order chi connectivity index (χ1) is 11.8. The van der Waals surface area contributed by atoms with Crippen molar-refractivity contribution in [3.8, 4) is 11.1 Å². The minimum atomic E-state index is 1.15. The zero-order valence-electron chi connectivity index (χ0n) is 13.5. The predicted molar refractivity (Wildman–Crippen MR) is 107 cm³/mol. The molecule has 0 aliphatic carbocycles. The first-order valence-corrected chi connectivity index (χ1v) is 8.11. The summed E-state index contributed by atoms with van der Waals surface area (Å²) in [4.78, 5) is 0. The van der Waals surface area contributed by atoms with E-state index >= 15 is 0 Å². The van der Waals surface area contributed by atoms with Crippen LogP contribution < -0.4 is 0 Å². The second-order valence-electron chi connectivity index (χ2n) is 5.98. The quantitative estimate of drug-likeness (QED) is 0.384.